The first-order chi connectivity index (χ1) is 14.5. The molecule has 4 N–H and O–H groups in total. The number of fused-ring (bicyclic) bond motifs is 1. The molecule has 162 valence electrons. The zero-order chi connectivity index (χ0) is 21.1. The second-order valence-corrected chi connectivity index (χ2v) is 8.16. The molecule has 31 heavy (non-hydrogen) atoms. The molecule has 9 heteroatoms. The lowest BCUT2D eigenvalue weighted by atomic mass is 10.1. The number of aromatic nitrogens is 3. The van der Waals surface area contributed by atoms with Gasteiger partial charge in [0.25, 0.3) is 5.22 Å². The molecular weight excluding hydrogens is 434 g/mol. The second-order valence-electron chi connectivity index (χ2n) is 7.23. The fraction of sp³-hybridized carbons (Fsp3) is 0.227. The number of aromatic amines is 1. The first-order valence-corrected chi connectivity index (χ1v) is 10.6. The molecule has 4 aromatic rings. The van der Waals surface area contributed by atoms with Crippen LogP contribution in [0.25, 0.3) is 10.9 Å². The van der Waals surface area contributed by atoms with Gasteiger partial charge in [-0.05, 0) is 49.1 Å². The number of benzene rings is 2. The van der Waals surface area contributed by atoms with E-state index < -0.39 is 6.04 Å². The van der Waals surface area contributed by atoms with Gasteiger partial charge in [0.05, 0.1) is 11.8 Å². The van der Waals surface area contributed by atoms with Crippen molar-refractivity contribution in [2.45, 2.75) is 31.5 Å². The summed E-state index contributed by atoms with van der Waals surface area (Å²) in [6.07, 6.45) is 2.53. The molecule has 0 bridgehead atoms. The molecule has 1 amide bonds. The van der Waals surface area contributed by atoms with Gasteiger partial charge in [0.15, 0.2) is 0 Å². The monoisotopic (exact) mass is 456 g/mol. The Morgan fingerprint density at radius 1 is 1.23 bits per heavy atom. The lowest BCUT2D eigenvalue weighted by Crippen LogP contribution is -3.00. The van der Waals surface area contributed by atoms with Gasteiger partial charge in [0, 0.05) is 22.8 Å². The molecular formula is C22H23ClN5O2S-. The minimum atomic E-state index is -0.421. The molecule has 0 fully saturated rings. The van der Waals surface area contributed by atoms with Crippen LogP contribution in [-0.2, 0) is 11.2 Å². The highest BCUT2D eigenvalue weighted by atomic mass is 35.5. The average Bonchev–Trinajstić information content (AvgIpc) is 3.37. The molecule has 0 aliphatic carbocycles. The summed E-state index contributed by atoms with van der Waals surface area (Å²) < 4.78 is 5.68. The van der Waals surface area contributed by atoms with Crippen molar-refractivity contribution in [2.24, 2.45) is 5.73 Å². The molecule has 0 unspecified atom stereocenters. The standard InChI is InChI=1S/C22H23N5O2S.ClH/c1-13-7-8-14(2)19(9-13)25-20(28)12-30-22-27-26-21(29-22)17(23)10-15-11-24-18-6-4-3-5-16(15)18;/h3-9,11,17,24H,10,12,23H2,1-2H3,(H,25,28);1H/p-1/t17-;/m0./s1. The van der Waals surface area contributed by atoms with Crippen molar-refractivity contribution in [1.29, 1.82) is 0 Å². The van der Waals surface area contributed by atoms with E-state index in [1.807, 2.05) is 56.4 Å². The van der Waals surface area contributed by atoms with Crippen molar-refractivity contribution in [3.8, 4) is 0 Å². The van der Waals surface area contributed by atoms with Gasteiger partial charge in [-0.3, -0.25) is 4.79 Å². The Hall–Kier alpha value is -2.81. The number of rotatable bonds is 7. The molecule has 2 aromatic carbocycles. The van der Waals surface area contributed by atoms with Gasteiger partial charge in [0.2, 0.25) is 11.8 Å². The van der Waals surface area contributed by atoms with Crippen molar-refractivity contribution in [3.05, 3.63) is 71.2 Å². The number of nitrogens with two attached hydrogens (primary N) is 1. The Bertz CT molecular complexity index is 1190. The lowest BCUT2D eigenvalue weighted by Gasteiger charge is -2.08. The quantitative estimate of drug-likeness (QED) is 0.360. The Labute approximate surface area is 190 Å². The molecule has 0 saturated carbocycles. The summed E-state index contributed by atoms with van der Waals surface area (Å²) in [7, 11) is 0. The van der Waals surface area contributed by atoms with E-state index in [1.54, 1.807) is 0 Å². The number of anilines is 1. The van der Waals surface area contributed by atoms with Gasteiger partial charge in [0.1, 0.15) is 0 Å². The highest BCUT2D eigenvalue weighted by Crippen LogP contribution is 2.25. The summed E-state index contributed by atoms with van der Waals surface area (Å²) in [6.45, 7) is 3.95. The van der Waals surface area contributed by atoms with Crippen LogP contribution in [0.4, 0.5) is 5.69 Å². The zero-order valence-electron chi connectivity index (χ0n) is 17.2. The Morgan fingerprint density at radius 3 is 2.87 bits per heavy atom. The summed E-state index contributed by atoms with van der Waals surface area (Å²) in [5.41, 5.74) is 11.4. The highest BCUT2D eigenvalue weighted by molar-refractivity contribution is 7.99. The van der Waals surface area contributed by atoms with E-state index in [0.717, 1.165) is 33.3 Å². The molecule has 2 heterocycles. The number of nitrogens with zero attached hydrogens (tertiary/aromatic N) is 2. The zero-order valence-corrected chi connectivity index (χ0v) is 18.8. The second kappa shape index (κ2) is 10.00. The first-order valence-electron chi connectivity index (χ1n) is 9.63. The molecule has 2 aromatic heterocycles. The van der Waals surface area contributed by atoms with E-state index in [9.17, 15) is 4.79 Å². The predicted molar refractivity (Wildman–Crippen MR) is 118 cm³/mol. The summed E-state index contributed by atoms with van der Waals surface area (Å²) in [5.74, 6) is 0.404. The number of hydrogen-bond donors (Lipinski definition) is 3. The van der Waals surface area contributed by atoms with Gasteiger partial charge in [-0.1, -0.05) is 42.1 Å². The van der Waals surface area contributed by atoms with Crippen LogP contribution < -0.4 is 23.5 Å². The maximum atomic E-state index is 12.3. The number of hydrogen-bond acceptors (Lipinski definition) is 6. The van der Waals surface area contributed by atoms with Crippen molar-refractivity contribution in [1.82, 2.24) is 15.2 Å². The first kappa shape index (κ1) is 22.9. The number of aryl methyl sites for hydroxylation is 2. The number of thioether (sulfide) groups is 1. The molecule has 4 rings (SSSR count). The van der Waals surface area contributed by atoms with E-state index in [4.69, 9.17) is 10.2 Å². The molecule has 7 nitrogen and oxygen atoms in total. The molecule has 0 aliphatic rings. The maximum Gasteiger partial charge on any atom is 0.277 e. The predicted octanol–water partition coefficient (Wildman–Crippen LogP) is 1.15. The van der Waals surface area contributed by atoms with Gasteiger partial charge < -0.3 is 32.9 Å². The smallest absolute Gasteiger partial charge is 0.277 e. The van der Waals surface area contributed by atoms with Crippen LogP contribution in [0.1, 0.15) is 28.6 Å². The highest BCUT2D eigenvalue weighted by Gasteiger charge is 2.18. The molecule has 1 atom stereocenters. The lowest BCUT2D eigenvalue weighted by molar-refractivity contribution is -0.113. The average molecular weight is 457 g/mol. The van der Waals surface area contributed by atoms with Crippen molar-refractivity contribution < 1.29 is 21.6 Å². The maximum absolute atomic E-state index is 12.3. The Balaban J connectivity index is 0.00000272. The van der Waals surface area contributed by atoms with E-state index >= 15 is 0 Å². The van der Waals surface area contributed by atoms with Gasteiger partial charge in [-0.2, -0.15) is 0 Å². The van der Waals surface area contributed by atoms with E-state index in [2.05, 4.69) is 26.6 Å². The molecule has 0 spiro atoms. The molecule has 0 radical (unpaired) electrons. The van der Waals surface area contributed by atoms with Crippen molar-refractivity contribution in [2.75, 3.05) is 11.1 Å². The van der Waals surface area contributed by atoms with Crippen molar-refractivity contribution in [3.63, 3.8) is 0 Å². The third kappa shape index (κ3) is 5.46. The summed E-state index contributed by atoms with van der Waals surface area (Å²) in [5, 5.41) is 12.5. The third-order valence-electron chi connectivity index (χ3n) is 4.85. The SMILES string of the molecule is Cc1ccc(C)c(NC(=O)CSc2nnc([C@@H](N)Cc3c[nH]c4ccccc34)o2)c1.[Cl-]. The normalized spacial score (nSPS) is 11.8. The molecule has 0 saturated heterocycles. The Kier molecular flexibility index (Phi) is 7.37. The van der Waals surface area contributed by atoms with Crippen LogP contribution in [0.2, 0.25) is 0 Å². The minimum Gasteiger partial charge on any atom is -1.00 e. The number of para-hydroxylation sites is 1. The molecule has 0 aliphatic heterocycles. The van der Waals surface area contributed by atoms with Gasteiger partial charge >= 0.3 is 0 Å². The van der Waals surface area contributed by atoms with Gasteiger partial charge in [-0.15, -0.1) is 10.2 Å². The number of amides is 1. The summed E-state index contributed by atoms with van der Waals surface area (Å²) >= 11 is 1.19. The summed E-state index contributed by atoms with van der Waals surface area (Å²) in [4.78, 5) is 15.5. The van der Waals surface area contributed by atoms with E-state index in [1.165, 1.54) is 11.8 Å². The minimum absolute atomic E-state index is 0. The van der Waals surface area contributed by atoms with E-state index in [0.29, 0.717) is 17.5 Å². The number of carbonyl (C=O) groups excluding carboxylic acids is 1. The van der Waals surface area contributed by atoms with Crippen LogP contribution in [0.5, 0.6) is 0 Å². The van der Waals surface area contributed by atoms with Crippen LogP contribution in [-0.4, -0.2) is 26.8 Å². The van der Waals surface area contributed by atoms with Gasteiger partial charge in [-0.25, -0.2) is 0 Å². The summed E-state index contributed by atoms with van der Waals surface area (Å²) in [6, 6.07) is 13.6. The number of carbonyl (C=O) groups is 1. The van der Waals surface area contributed by atoms with Crippen LogP contribution in [0.15, 0.2) is 58.3 Å². The fourth-order valence-corrected chi connectivity index (χ4v) is 3.81. The van der Waals surface area contributed by atoms with Crippen LogP contribution in [0, 0.1) is 13.8 Å². The Morgan fingerprint density at radius 2 is 2.03 bits per heavy atom. The van der Waals surface area contributed by atoms with Crippen LogP contribution >= 0.6 is 11.8 Å². The number of H-pyrrole nitrogens is 1. The number of nitrogens with one attached hydrogen (secondary N) is 2. The van der Waals surface area contributed by atoms with E-state index in [-0.39, 0.29) is 24.1 Å². The topological polar surface area (TPSA) is 110 Å². The van der Waals surface area contributed by atoms with Crippen LogP contribution in [0.3, 0.4) is 0 Å². The fourth-order valence-electron chi connectivity index (χ4n) is 3.24. The third-order valence-corrected chi connectivity index (χ3v) is 5.67. The number of halogens is 1. The largest absolute Gasteiger partial charge is 1.00 e. The van der Waals surface area contributed by atoms with Crippen molar-refractivity contribution >= 4 is 34.3 Å².